The molecular formula is C20H38O3Si2. The van der Waals surface area contributed by atoms with E-state index in [1.54, 1.807) is 0 Å². The van der Waals surface area contributed by atoms with E-state index in [9.17, 15) is 5.11 Å². The number of aromatic hydroxyl groups is 1. The second-order valence-corrected chi connectivity index (χ2v) is 19.6. The Morgan fingerprint density at radius 3 is 1.36 bits per heavy atom. The van der Waals surface area contributed by atoms with Gasteiger partial charge in [-0.3, -0.25) is 0 Å². The molecule has 0 aromatic heterocycles. The summed E-state index contributed by atoms with van der Waals surface area (Å²) in [6.45, 7) is 23.2. The van der Waals surface area contributed by atoms with Crippen molar-refractivity contribution in [2.75, 3.05) is 0 Å². The van der Waals surface area contributed by atoms with Crippen molar-refractivity contribution < 1.29 is 14.0 Å². The standard InChI is InChI=1S/C20H38O3Si2/c1-19(2,3)24(7,8)22-14-16-12-11-13-17(18(16)21)15-23-25(9,10)20(4,5)6/h11-13,21H,14-15H2,1-10H3. The summed E-state index contributed by atoms with van der Waals surface area (Å²) in [6, 6.07) is 5.87. The van der Waals surface area contributed by atoms with Crippen molar-refractivity contribution >= 4 is 16.6 Å². The molecule has 0 heterocycles. The van der Waals surface area contributed by atoms with E-state index >= 15 is 0 Å². The van der Waals surface area contributed by atoms with Gasteiger partial charge in [-0.15, -0.1) is 0 Å². The first-order valence-corrected chi connectivity index (χ1v) is 15.0. The van der Waals surface area contributed by atoms with Gasteiger partial charge in [-0.05, 0) is 36.3 Å². The van der Waals surface area contributed by atoms with Crippen LogP contribution in [0.3, 0.4) is 0 Å². The maximum Gasteiger partial charge on any atom is 0.192 e. The number of phenols is 1. The van der Waals surface area contributed by atoms with Crippen molar-refractivity contribution in [2.45, 2.75) is 91.0 Å². The van der Waals surface area contributed by atoms with E-state index in [2.05, 4.69) is 67.7 Å². The minimum atomic E-state index is -1.84. The van der Waals surface area contributed by atoms with Crippen LogP contribution in [0.25, 0.3) is 0 Å². The van der Waals surface area contributed by atoms with Gasteiger partial charge in [0.1, 0.15) is 5.75 Å². The predicted molar refractivity (Wildman–Crippen MR) is 112 cm³/mol. The predicted octanol–water partition coefficient (Wildman–Crippen LogP) is 6.44. The summed E-state index contributed by atoms with van der Waals surface area (Å²) >= 11 is 0. The Labute approximate surface area is 157 Å². The number of hydrogen-bond donors (Lipinski definition) is 1. The van der Waals surface area contributed by atoms with Crippen molar-refractivity contribution in [3.63, 3.8) is 0 Å². The lowest BCUT2D eigenvalue weighted by molar-refractivity contribution is 0.261. The summed E-state index contributed by atoms with van der Waals surface area (Å²) in [5.41, 5.74) is 1.70. The molecule has 1 N–H and O–H groups in total. The van der Waals surface area contributed by atoms with Crippen LogP contribution in [0.4, 0.5) is 0 Å². The van der Waals surface area contributed by atoms with Crippen LogP contribution in [0, 0.1) is 0 Å². The number of phenolic OH excluding ortho intramolecular Hbond substituents is 1. The first-order chi connectivity index (χ1) is 11.1. The van der Waals surface area contributed by atoms with E-state index < -0.39 is 16.6 Å². The van der Waals surface area contributed by atoms with Gasteiger partial charge in [-0.1, -0.05) is 59.7 Å². The Hall–Kier alpha value is -0.626. The van der Waals surface area contributed by atoms with Crippen molar-refractivity contribution in [1.29, 1.82) is 0 Å². The van der Waals surface area contributed by atoms with E-state index in [4.69, 9.17) is 8.85 Å². The van der Waals surface area contributed by atoms with Gasteiger partial charge in [-0.2, -0.15) is 0 Å². The Morgan fingerprint density at radius 2 is 1.08 bits per heavy atom. The monoisotopic (exact) mass is 382 g/mol. The second-order valence-electron chi connectivity index (χ2n) is 10.0. The third kappa shape index (κ3) is 5.68. The van der Waals surface area contributed by atoms with Gasteiger partial charge in [0.25, 0.3) is 0 Å². The fraction of sp³-hybridized carbons (Fsp3) is 0.700. The maximum absolute atomic E-state index is 10.7. The molecule has 0 aliphatic rings. The topological polar surface area (TPSA) is 38.7 Å². The average Bonchev–Trinajstić information content (AvgIpc) is 2.42. The molecule has 0 unspecified atom stereocenters. The fourth-order valence-corrected chi connectivity index (χ4v) is 3.73. The van der Waals surface area contributed by atoms with Crippen LogP contribution in [-0.4, -0.2) is 21.7 Å². The van der Waals surface area contributed by atoms with Gasteiger partial charge in [0.2, 0.25) is 0 Å². The van der Waals surface area contributed by atoms with Gasteiger partial charge >= 0.3 is 0 Å². The molecule has 0 amide bonds. The van der Waals surface area contributed by atoms with E-state index in [1.165, 1.54) is 0 Å². The van der Waals surface area contributed by atoms with E-state index in [0.717, 1.165) is 11.1 Å². The molecule has 25 heavy (non-hydrogen) atoms. The van der Waals surface area contributed by atoms with Crippen molar-refractivity contribution in [3.8, 4) is 5.75 Å². The van der Waals surface area contributed by atoms with Gasteiger partial charge in [0.15, 0.2) is 16.6 Å². The summed E-state index contributed by atoms with van der Waals surface area (Å²) in [5.74, 6) is 0.319. The molecule has 144 valence electrons. The first-order valence-electron chi connectivity index (χ1n) is 9.16. The van der Waals surface area contributed by atoms with Crippen LogP contribution in [0.2, 0.25) is 36.3 Å². The maximum atomic E-state index is 10.7. The molecule has 1 rings (SSSR count). The summed E-state index contributed by atoms with van der Waals surface area (Å²) in [6.07, 6.45) is 0. The summed E-state index contributed by atoms with van der Waals surface area (Å²) in [4.78, 5) is 0. The fourth-order valence-electron chi connectivity index (χ4n) is 1.83. The lowest BCUT2D eigenvalue weighted by Gasteiger charge is -2.36. The molecule has 0 radical (unpaired) electrons. The van der Waals surface area contributed by atoms with Crippen LogP contribution < -0.4 is 0 Å². The molecule has 0 atom stereocenters. The Kier molecular flexibility index (Phi) is 6.77. The Balaban J connectivity index is 2.87. The number of para-hydroxylation sites is 1. The van der Waals surface area contributed by atoms with E-state index in [0.29, 0.717) is 19.0 Å². The summed E-state index contributed by atoms with van der Waals surface area (Å²) in [5, 5.41) is 11.0. The molecular weight excluding hydrogens is 344 g/mol. The first kappa shape index (κ1) is 22.4. The molecule has 5 heteroatoms. The van der Waals surface area contributed by atoms with Crippen LogP contribution in [0.15, 0.2) is 18.2 Å². The van der Waals surface area contributed by atoms with Gasteiger partial charge in [-0.25, -0.2) is 0 Å². The molecule has 0 saturated heterocycles. The molecule has 0 bridgehead atoms. The van der Waals surface area contributed by atoms with Gasteiger partial charge < -0.3 is 14.0 Å². The third-order valence-corrected chi connectivity index (χ3v) is 14.9. The molecule has 0 spiro atoms. The number of hydrogen-bond acceptors (Lipinski definition) is 3. The second kappa shape index (κ2) is 7.55. The Morgan fingerprint density at radius 1 is 0.760 bits per heavy atom. The zero-order chi connectivity index (χ0) is 19.7. The highest BCUT2D eigenvalue weighted by Gasteiger charge is 2.38. The summed E-state index contributed by atoms with van der Waals surface area (Å²) < 4.78 is 12.5. The smallest absolute Gasteiger partial charge is 0.192 e. The molecule has 1 aromatic rings. The van der Waals surface area contributed by atoms with Crippen molar-refractivity contribution in [3.05, 3.63) is 29.3 Å². The minimum absolute atomic E-state index is 0.158. The minimum Gasteiger partial charge on any atom is -0.507 e. The molecule has 0 fully saturated rings. The van der Waals surface area contributed by atoms with Crippen LogP contribution >= 0.6 is 0 Å². The Bertz CT molecular complexity index is 533. The number of benzene rings is 1. The van der Waals surface area contributed by atoms with Crippen LogP contribution in [0.1, 0.15) is 52.7 Å². The quantitative estimate of drug-likeness (QED) is 0.576. The van der Waals surface area contributed by atoms with Crippen molar-refractivity contribution in [1.82, 2.24) is 0 Å². The van der Waals surface area contributed by atoms with Gasteiger partial charge in [0, 0.05) is 11.1 Å². The lowest BCUT2D eigenvalue weighted by atomic mass is 10.1. The molecule has 3 nitrogen and oxygen atoms in total. The highest BCUT2D eigenvalue weighted by molar-refractivity contribution is 6.74. The van der Waals surface area contributed by atoms with Crippen molar-refractivity contribution in [2.24, 2.45) is 0 Å². The largest absolute Gasteiger partial charge is 0.507 e. The zero-order valence-electron chi connectivity index (χ0n) is 17.9. The molecule has 0 aliphatic carbocycles. The number of rotatable bonds is 6. The highest BCUT2D eigenvalue weighted by Crippen LogP contribution is 2.39. The third-order valence-electron chi connectivity index (χ3n) is 5.99. The normalized spacial score (nSPS) is 14.0. The summed E-state index contributed by atoms with van der Waals surface area (Å²) in [7, 11) is -3.67. The van der Waals surface area contributed by atoms with E-state index in [-0.39, 0.29) is 10.1 Å². The zero-order valence-corrected chi connectivity index (χ0v) is 19.9. The van der Waals surface area contributed by atoms with E-state index in [1.807, 2.05) is 18.2 Å². The highest BCUT2D eigenvalue weighted by atomic mass is 28.4. The molecule has 0 saturated carbocycles. The average molecular weight is 383 g/mol. The van der Waals surface area contributed by atoms with Gasteiger partial charge in [0.05, 0.1) is 13.2 Å². The molecule has 1 aromatic carbocycles. The lowest BCUT2D eigenvalue weighted by Crippen LogP contribution is -2.40. The SMILES string of the molecule is CC(C)(C)[Si](C)(C)OCc1cccc(CO[Si](C)(C)C(C)(C)C)c1O. The van der Waals surface area contributed by atoms with Crippen LogP contribution in [-0.2, 0) is 22.1 Å². The molecule has 0 aliphatic heterocycles. The van der Waals surface area contributed by atoms with Crippen LogP contribution in [0.5, 0.6) is 5.75 Å².